The average Bonchev–Trinajstić information content (AvgIpc) is 4.06. The normalized spacial score (nSPS) is 11.8. The predicted octanol–water partition coefficient (Wildman–Crippen LogP) is 17.1. The van der Waals surface area contributed by atoms with Gasteiger partial charge in [0.15, 0.2) is 5.82 Å². The molecule has 0 aliphatic carbocycles. The van der Waals surface area contributed by atoms with Crippen LogP contribution in [0.5, 0.6) is 0 Å². The number of aryl methyl sites for hydroxylation is 2. The second kappa shape index (κ2) is 16.2. The molecule has 14 rings (SSSR count). The van der Waals surface area contributed by atoms with Gasteiger partial charge in [-0.05, 0) is 115 Å². The summed E-state index contributed by atoms with van der Waals surface area (Å²) in [6.45, 7) is 4.40. The van der Waals surface area contributed by atoms with Crippen molar-refractivity contribution in [3.8, 4) is 62.1 Å². The molecule has 0 saturated carbocycles. The van der Waals surface area contributed by atoms with Crippen LogP contribution in [-0.2, 0) is 0 Å². The fourth-order valence-electron chi connectivity index (χ4n) is 11.3. The summed E-state index contributed by atoms with van der Waals surface area (Å²) in [5.41, 5.74) is 20.2. The Morgan fingerprint density at radius 2 is 0.648 bits per heavy atom. The minimum atomic E-state index is 0.719. The Morgan fingerprint density at radius 3 is 1.13 bits per heavy atom. The van der Waals surface area contributed by atoms with Crippen molar-refractivity contribution in [2.45, 2.75) is 13.8 Å². The van der Waals surface area contributed by atoms with Crippen molar-refractivity contribution in [2.75, 3.05) is 0 Å². The Labute approximate surface area is 410 Å². The van der Waals surface area contributed by atoms with E-state index >= 15 is 0 Å². The largest absolute Gasteiger partial charge is 0.309 e. The van der Waals surface area contributed by atoms with Gasteiger partial charge in [0.2, 0.25) is 0 Å². The number of rotatable bonds is 7. The van der Waals surface area contributed by atoms with E-state index in [1.807, 2.05) is 24.3 Å². The summed E-state index contributed by atoms with van der Waals surface area (Å²) in [7, 11) is 0. The summed E-state index contributed by atoms with van der Waals surface area (Å²) >= 11 is 0. The zero-order chi connectivity index (χ0) is 47.2. The van der Waals surface area contributed by atoms with Crippen LogP contribution in [0.4, 0.5) is 0 Å². The fraction of sp³-hybridized carbons (Fsp3) is 0.0303. The van der Waals surface area contributed by atoms with Gasteiger partial charge in [-0.3, -0.25) is 0 Å². The molecule has 0 radical (unpaired) electrons. The van der Waals surface area contributed by atoms with E-state index in [0.717, 1.165) is 67.6 Å². The molecule has 0 amide bonds. The first kappa shape index (κ1) is 40.7. The van der Waals surface area contributed by atoms with E-state index in [2.05, 4.69) is 240 Å². The van der Waals surface area contributed by atoms with Crippen LogP contribution in [0, 0.1) is 13.8 Å². The molecule has 0 aliphatic heterocycles. The van der Waals surface area contributed by atoms with Crippen molar-refractivity contribution < 1.29 is 0 Å². The molecule has 0 unspecified atom stereocenters. The maximum atomic E-state index is 5.19. The molecule has 0 fully saturated rings. The molecule has 4 aromatic heterocycles. The number of nitrogens with zero attached hydrogens (tertiary/aromatic N) is 5. The number of aromatic nitrogens is 5. The number of para-hydroxylation sites is 4. The molecule has 0 bridgehead atoms. The third-order valence-electron chi connectivity index (χ3n) is 14.5. The van der Waals surface area contributed by atoms with Crippen LogP contribution in [0.3, 0.4) is 0 Å². The van der Waals surface area contributed by atoms with E-state index in [-0.39, 0.29) is 0 Å². The van der Waals surface area contributed by atoms with Gasteiger partial charge in [-0.2, -0.15) is 0 Å². The van der Waals surface area contributed by atoms with Crippen molar-refractivity contribution >= 4 is 65.4 Å². The molecule has 5 nitrogen and oxygen atoms in total. The van der Waals surface area contributed by atoms with E-state index in [0.29, 0.717) is 0 Å². The van der Waals surface area contributed by atoms with Crippen LogP contribution >= 0.6 is 0 Å². The number of hydrogen-bond donors (Lipinski definition) is 0. The monoisotopic (exact) mass is 907 g/mol. The van der Waals surface area contributed by atoms with E-state index in [4.69, 9.17) is 9.97 Å². The lowest BCUT2D eigenvalue weighted by Crippen LogP contribution is -1.99. The van der Waals surface area contributed by atoms with Gasteiger partial charge >= 0.3 is 0 Å². The Kier molecular flexibility index (Phi) is 9.26. The Hall–Kier alpha value is -9.32. The SMILES string of the molecule is Cc1cc(-c2ccc(-n3c4ccc(-n5c6ccccc6c6ccccc65)cc4c4cc(-n5c6ccccc6c6ccccc65)ccc43)cc2)cc(C)c1-c1cc(-c2ccccc2)nc(-c2ccccc2)n1. The maximum Gasteiger partial charge on any atom is 0.160 e. The van der Waals surface area contributed by atoms with Crippen LogP contribution in [-0.4, -0.2) is 23.7 Å². The molecule has 334 valence electrons. The van der Waals surface area contributed by atoms with Crippen LogP contribution in [0.1, 0.15) is 11.1 Å². The molecule has 71 heavy (non-hydrogen) atoms. The smallest absolute Gasteiger partial charge is 0.160 e. The molecule has 0 atom stereocenters. The Morgan fingerprint density at radius 1 is 0.268 bits per heavy atom. The summed E-state index contributed by atoms with van der Waals surface area (Å²) in [4.78, 5) is 10.2. The highest BCUT2D eigenvalue weighted by molar-refractivity contribution is 6.14. The minimum absolute atomic E-state index is 0.719. The Bertz CT molecular complexity index is 4040. The second-order valence-corrected chi connectivity index (χ2v) is 18.7. The first-order valence-electron chi connectivity index (χ1n) is 24.3. The molecule has 0 N–H and O–H groups in total. The zero-order valence-electron chi connectivity index (χ0n) is 39.3. The van der Waals surface area contributed by atoms with Crippen LogP contribution in [0.25, 0.3) is 128 Å². The fourth-order valence-corrected chi connectivity index (χ4v) is 11.3. The van der Waals surface area contributed by atoms with Gasteiger partial charge in [-0.1, -0.05) is 158 Å². The van der Waals surface area contributed by atoms with Crippen molar-refractivity contribution in [1.29, 1.82) is 0 Å². The van der Waals surface area contributed by atoms with Gasteiger partial charge in [-0.15, -0.1) is 0 Å². The van der Waals surface area contributed by atoms with Crippen molar-refractivity contribution in [2.24, 2.45) is 0 Å². The second-order valence-electron chi connectivity index (χ2n) is 18.7. The van der Waals surface area contributed by atoms with Gasteiger partial charge in [0, 0.05) is 66.1 Å². The highest BCUT2D eigenvalue weighted by atomic mass is 15.0. The molecule has 10 aromatic carbocycles. The maximum absolute atomic E-state index is 5.19. The zero-order valence-corrected chi connectivity index (χ0v) is 39.3. The topological polar surface area (TPSA) is 40.6 Å². The molecule has 0 spiro atoms. The van der Waals surface area contributed by atoms with E-state index < -0.39 is 0 Å². The van der Waals surface area contributed by atoms with Crippen molar-refractivity contribution in [3.05, 3.63) is 248 Å². The van der Waals surface area contributed by atoms with Crippen LogP contribution in [0.15, 0.2) is 237 Å². The van der Waals surface area contributed by atoms with E-state index in [1.165, 1.54) is 71.1 Å². The summed E-state index contributed by atoms with van der Waals surface area (Å²) in [6, 6.07) is 85.5. The Balaban J connectivity index is 0.909. The van der Waals surface area contributed by atoms with Gasteiger partial charge in [-0.25, -0.2) is 9.97 Å². The lowest BCUT2D eigenvalue weighted by molar-refractivity contribution is 1.16. The van der Waals surface area contributed by atoms with E-state index in [1.54, 1.807) is 0 Å². The van der Waals surface area contributed by atoms with Crippen LogP contribution < -0.4 is 0 Å². The molecule has 14 aromatic rings. The number of fused-ring (bicyclic) bond motifs is 9. The molecular weight excluding hydrogens is 863 g/mol. The summed E-state index contributed by atoms with van der Waals surface area (Å²) in [5, 5.41) is 7.41. The minimum Gasteiger partial charge on any atom is -0.309 e. The van der Waals surface area contributed by atoms with Crippen LogP contribution in [0.2, 0.25) is 0 Å². The first-order chi connectivity index (χ1) is 35.0. The standard InChI is InChI=1S/C66H45N5/c1-42-37-47(38-43(2)65(42)58-41-57(45-17-5-3-6-18-45)67-66(68-58)46-19-7-4-8-20-46)44-29-31-48(32-30-44)69-63-35-33-49(70-59-25-13-9-21-51(59)52-22-10-14-26-60(52)70)39-55(63)56-40-50(34-36-64(56)69)71-61-27-15-11-23-53(61)54-24-12-16-28-62(54)71/h3-41H,1-2H3. The summed E-state index contributed by atoms with van der Waals surface area (Å²) < 4.78 is 7.27. The molecule has 0 aliphatic rings. The molecule has 4 heterocycles. The average molecular weight is 908 g/mol. The lowest BCUT2D eigenvalue weighted by Gasteiger charge is -2.16. The lowest BCUT2D eigenvalue weighted by atomic mass is 9.93. The quantitative estimate of drug-likeness (QED) is 0.160. The first-order valence-corrected chi connectivity index (χ1v) is 24.3. The number of benzene rings is 10. The number of hydrogen-bond acceptors (Lipinski definition) is 2. The highest BCUT2D eigenvalue weighted by Crippen LogP contribution is 2.41. The third kappa shape index (κ3) is 6.54. The summed E-state index contributed by atoms with van der Waals surface area (Å²) in [6.07, 6.45) is 0. The molecule has 0 saturated heterocycles. The van der Waals surface area contributed by atoms with Gasteiger partial charge in [0.25, 0.3) is 0 Å². The van der Waals surface area contributed by atoms with Gasteiger partial charge < -0.3 is 13.7 Å². The predicted molar refractivity (Wildman–Crippen MR) is 296 cm³/mol. The summed E-state index contributed by atoms with van der Waals surface area (Å²) in [5.74, 6) is 0.719. The molecule has 5 heteroatoms. The molecular formula is C66H45N5. The van der Waals surface area contributed by atoms with Gasteiger partial charge in [0.05, 0.1) is 44.5 Å². The third-order valence-corrected chi connectivity index (χ3v) is 14.5. The van der Waals surface area contributed by atoms with E-state index in [9.17, 15) is 0 Å². The van der Waals surface area contributed by atoms with Crippen molar-refractivity contribution in [3.63, 3.8) is 0 Å². The van der Waals surface area contributed by atoms with Crippen molar-refractivity contribution in [1.82, 2.24) is 23.7 Å². The van der Waals surface area contributed by atoms with Gasteiger partial charge in [0.1, 0.15) is 0 Å². The highest BCUT2D eigenvalue weighted by Gasteiger charge is 2.20.